The number of anilines is 1. The van der Waals surface area contributed by atoms with E-state index in [-0.39, 0.29) is 25.5 Å². The van der Waals surface area contributed by atoms with Crippen molar-refractivity contribution in [2.24, 2.45) is 0 Å². The van der Waals surface area contributed by atoms with Gasteiger partial charge >= 0.3 is 5.97 Å². The average Bonchev–Trinajstić information content (AvgIpc) is 2.85. The summed E-state index contributed by atoms with van der Waals surface area (Å²) >= 11 is 0. The molecule has 1 amide bonds. The lowest BCUT2D eigenvalue weighted by Gasteiger charge is -2.24. The molecule has 1 atom stereocenters. The number of carbonyl (C=O) groups is 2. The fourth-order valence-corrected chi connectivity index (χ4v) is 3.07. The highest BCUT2D eigenvalue weighted by molar-refractivity contribution is 5.94. The van der Waals surface area contributed by atoms with Gasteiger partial charge in [0.2, 0.25) is 5.91 Å². The third kappa shape index (κ3) is 3.24. The number of hydrogen-bond donors (Lipinski definition) is 1. The maximum atomic E-state index is 13.6. The molecule has 6 nitrogen and oxygen atoms in total. The first kappa shape index (κ1) is 17.1. The van der Waals surface area contributed by atoms with Crippen LogP contribution in [0.2, 0.25) is 0 Å². The number of halogens is 2. The summed E-state index contributed by atoms with van der Waals surface area (Å²) in [5.41, 5.74) is 1.78. The van der Waals surface area contributed by atoms with Crippen molar-refractivity contribution >= 4 is 17.7 Å². The number of nitrogens with one attached hydrogen (secondary N) is 1. The van der Waals surface area contributed by atoms with Gasteiger partial charge in [0.15, 0.2) is 11.6 Å². The van der Waals surface area contributed by atoms with Crippen LogP contribution in [0.25, 0.3) is 0 Å². The quantitative estimate of drug-likeness (QED) is 0.861. The number of nitrogens with zero attached hydrogens (tertiary/aromatic N) is 2. The third-order valence-electron chi connectivity index (χ3n) is 4.10. The summed E-state index contributed by atoms with van der Waals surface area (Å²) in [4.78, 5) is 23.8. The lowest BCUT2D eigenvalue weighted by atomic mass is 9.86. The van der Waals surface area contributed by atoms with Gasteiger partial charge in [-0.2, -0.15) is 5.10 Å². The van der Waals surface area contributed by atoms with Crippen LogP contribution in [-0.2, 0) is 20.9 Å². The highest BCUT2D eigenvalue weighted by Crippen LogP contribution is 2.39. The number of aromatic nitrogens is 2. The highest BCUT2D eigenvalue weighted by atomic mass is 19.2. The first-order valence-electron chi connectivity index (χ1n) is 7.88. The van der Waals surface area contributed by atoms with Gasteiger partial charge in [-0.1, -0.05) is 6.07 Å². The molecule has 2 heterocycles. The molecule has 0 saturated carbocycles. The van der Waals surface area contributed by atoms with Crippen molar-refractivity contribution in [3.05, 3.63) is 46.7 Å². The van der Waals surface area contributed by atoms with E-state index in [1.54, 1.807) is 13.8 Å². The molecule has 1 aliphatic heterocycles. The number of rotatable bonds is 4. The van der Waals surface area contributed by atoms with Crippen molar-refractivity contribution in [1.82, 2.24) is 9.78 Å². The predicted molar refractivity (Wildman–Crippen MR) is 85.0 cm³/mol. The average molecular weight is 349 g/mol. The summed E-state index contributed by atoms with van der Waals surface area (Å²) in [6, 6.07) is 3.58. The number of ether oxygens (including phenoxy) is 1. The largest absolute Gasteiger partial charge is 0.465 e. The number of hydrogen-bond acceptors (Lipinski definition) is 4. The van der Waals surface area contributed by atoms with Gasteiger partial charge in [0, 0.05) is 17.9 Å². The molecule has 0 unspecified atom stereocenters. The van der Waals surface area contributed by atoms with Crippen LogP contribution in [-0.4, -0.2) is 28.3 Å². The summed E-state index contributed by atoms with van der Waals surface area (Å²) < 4.78 is 33.1. The smallest absolute Gasteiger partial charge is 0.327 e. The lowest BCUT2D eigenvalue weighted by molar-refractivity contribution is -0.144. The first-order valence-corrected chi connectivity index (χ1v) is 7.88. The molecule has 0 radical (unpaired) electrons. The molecule has 132 valence electrons. The Balaban J connectivity index is 2.03. The molecule has 2 aromatic rings. The van der Waals surface area contributed by atoms with E-state index in [4.69, 9.17) is 4.74 Å². The van der Waals surface area contributed by atoms with Gasteiger partial charge < -0.3 is 10.1 Å². The molecule has 0 bridgehead atoms. The van der Waals surface area contributed by atoms with E-state index in [1.807, 2.05) is 0 Å². The maximum Gasteiger partial charge on any atom is 0.327 e. The molecular formula is C17H17F2N3O3. The number of fused-ring (bicyclic) bond motifs is 1. The monoisotopic (exact) mass is 349 g/mol. The molecule has 3 rings (SSSR count). The second kappa shape index (κ2) is 6.62. The number of amides is 1. The van der Waals surface area contributed by atoms with Gasteiger partial charge in [-0.05, 0) is 31.5 Å². The van der Waals surface area contributed by atoms with Crippen molar-refractivity contribution in [3.63, 3.8) is 0 Å². The Kier molecular flexibility index (Phi) is 4.52. The topological polar surface area (TPSA) is 73.2 Å². The second-order valence-corrected chi connectivity index (χ2v) is 5.79. The lowest BCUT2D eigenvalue weighted by Crippen LogP contribution is -2.26. The molecule has 25 heavy (non-hydrogen) atoms. The zero-order chi connectivity index (χ0) is 18.1. The van der Waals surface area contributed by atoms with E-state index in [1.165, 1.54) is 10.7 Å². The minimum Gasteiger partial charge on any atom is -0.465 e. The Morgan fingerprint density at radius 3 is 2.84 bits per heavy atom. The fraction of sp³-hybridized carbons (Fsp3) is 0.353. The zero-order valence-electron chi connectivity index (χ0n) is 13.8. The van der Waals surface area contributed by atoms with Crippen LogP contribution < -0.4 is 5.32 Å². The van der Waals surface area contributed by atoms with E-state index in [2.05, 4.69) is 10.4 Å². The maximum absolute atomic E-state index is 13.6. The van der Waals surface area contributed by atoms with Crippen molar-refractivity contribution in [2.45, 2.75) is 32.7 Å². The van der Waals surface area contributed by atoms with E-state index >= 15 is 0 Å². The second-order valence-electron chi connectivity index (χ2n) is 5.79. The van der Waals surface area contributed by atoms with Crippen LogP contribution in [0.15, 0.2) is 18.2 Å². The Bertz CT molecular complexity index is 848. The minimum absolute atomic E-state index is 0.0873. The number of carbonyl (C=O) groups excluding carboxylic acids is 2. The SMILES string of the molecule is CCOC(=O)Cn1nc(C)c2c1NC(=O)C[C@@H]2c1ccc(F)c(F)c1. The molecule has 1 N–H and O–H groups in total. The zero-order valence-corrected chi connectivity index (χ0v) is 13.8. The Morgan fingerprint density at radius 1 is 1.40 bits per heavy atom. The van der Waals surface area contributed by atoms with Crippen LogP contribution in [0, 0.1) is 18.6 Å². The van der Waals surface area contributed by atoms with Crippen molar-refractivity contribution in [2.75, 3.05) is 11.9 Å². The van der Waals surface area contributed by atoms with Gasteiger partial charge in [-0.25, -0.2) is 13.5 Å². The normalized spacial score (nSPS) is 16.3. The summed E-state index contributed by atoms with van der Waals surface area (Å²) in [6.07, 6.45) is 0.0873. The third-order valence-corrected chi connectivity index (χ3v) is 4.10. The van der Waals surface area contributed by atoms with Gasteiger partial charge in [0.25, 0.3) is 0 Å². The van der Waals surface area contributed by atoms with Gasteiger partial charge in [-0.3, -0.25) is 9.59 Å². The van der Waals surface area contributed by atoms with Crippen molar-refractivity contribution in [3.8, 4) is 0 Å². The fourth-order valence-electron chi connectivity index (χ4n) is 3.07. The van der Waals surface area contributed by atoms with Crippen LogP contribution in [0.4, 0.5) is 14.6 Å². The van der Waals surface area contributed by atoms with E-state index < -0.39 is 23.5 Å². The molecule has 0 aliphatic carbocycles. The summed E-state index contributed by atoms with van der Waals surface area (Å²) in [5, 5.41) is 7.01. The first-order chi connectivity index (χ1) is 11.9. The molecular weight excluding hydrogens is 332 g/mol. The summed E-state index contributed by atoms with van der Waals surface area (Å²) in [7, 11) is 0. The standard InChI is InChI=1S/C17H17F2N3O3/c1-3-25-15(24)8-22-17-16(9(2)21-22)11(7-14(23)20-17)10-4-5-12(18)13(19)6-10/h4-6,11H,3,7-8H2,1-2H3,(H,20,23)/t11-/m1/s1. The van der Waals surface area contributed by atoms with Crippen LogP contribution in [0.5, 0.6) is 0 Å². The van der Waals surface area contributed by atoms with Crippen LogP contribution in [0.1, 0.15) is 36.1 Å². The molecule has 1 aromatic heterocycles. The molecule has 8 heteroatoms. The number of esters is 1. The molecule has 0 fully saturated rings. The highest BCUT2D eigenvalue weighted by Gasteiger charge is 2.33. The van der Waals surface area contributed by atoms with Gasteiger partial charge in [-0.15, -0.1) is 0 Å². The van der Waals surface area contributed by atoms with Crippen LogP contribution in [0.3, 0.4) is 0 Å². The molecule has 1 aliphatic rings. The summed E-state index contributed by atoms with van der Waals surface area (Å²) in [6.45, 7) is 3.54. The van der Waals surface area contributed by atoms with E-state index in [9.17, 15) is 18.4 Å². The van der Waals surface area contributed by atoms with Crippen molar-refractivity contribution in [1.29, 1.82) is 0 Å². The Labute approximate surface area is 142 Å². The van der Waals surface area contributed by atoms with E-state index in [0.29, 0.717) is 22.6 Å². The minimum atomic E-state index is -0.971. The number of aryl methyl sites for hydroxylation is 1. The van der Waals surface area contributed by atoms with Crippen LogP contribution >= 0.6 is 0 Å². The summed E-state index contributed by atoms with van der Waals surface area (Å²) in [5.74, 6) is -2.75. The molecule has 0 spiro atoms. The van der Waals surface area contributed by atoms with E-state index in [0.717, 1.165) is 12.1 Å². The van der Waals surface area contributed by atoms with Gasteiger partial charge in [0.05, 0.1) is 12.3 Å². The number of benzene rings is 1. The molecule has 1 aromatic carbocycles. The van der Waals surface area contributed by atoms with Crippen molar-refractivity contribution < 1.29 is 23.1 Å². The Morgan fingerprint density at radius 2 is 2.16 bits per heavy atom. The Hall–Kier alpha value is -2.77. The molecule has 0 saturated heterocycles. The van der Waals surface area contributed by atoms with Gasteiger partial charge in [0.1, 0.15) is 12.4 Å². The predicted octanol–water partition coefficient (Wildman–Crippen LogP) is 2.51.